The van der Waals surface area contributed by atoms with Crippen LogP contribution in [0.15, 0.2) is 0 Å². The minimum absolute atomic E-state index is 0.284. The molecule has 21 heavy (non-hydrogen) atoms. The van der Waals surface area contributed by atoms with Crippen LogP contribution in [0.3, 0.4) is 0 Å². The fraction of sp³-hybridized carbons (Fsp3) is 1.00. The van der Waals surface area contributed by atoms with Crippen molar-refractivity contribution in [3.63, 3.8) is 0 Å². The minimum atomic E-state index is -1.80. The molecule has 0 aromatic heterocycles. The van der Waals surface area contributed by atoms with Crippen LogP contribution in [0.25, 0.3) is 0 Å². The van der Waals surface area contributed by atoms with E-state index >= 15 is 0 Å². The Bertz CT molecular complexity index is 303. The minimum Gasteiger partial charge on any atom is -0.394 e. The topological polar surface area (TPSA) is 180 Å². The van der Waals surface area contributed by atoms with Gasteiger partial charge >= 0.3 is 0 Å². The van der Waals surface area contributed by atoms with Crippen molar-refractivity contribution in [1.82, 2.24) is 0 Å². The van der Waals surface area contributed by atoms with E-state index < -0.39 is 62.2 Å². The molecule has 0 amide bonds. The van der Waals surface area contributed by atoms with Crippen molar-refractivity contribution in [1.29, 1.82) is 0 Å². The van der Waals surface area contributed by atoms with Gasteiger partial charge in [0.1, 0.15) is 42.7 Å². The van der Waals surface area contributed by atoms with Gasteiger partial charge in [-0.3, -0.25) is 0 Å². The molecular formula is C11H22O10. The molecule has 0 bridgehead atoms. The van der Waals surface area contributed by atoms with Gasteiger partial charge in [-0.2, -0.15) is 0 Å². The van der Waals surface area contributed by atoms with Crippen LogP contribution in [0.1, 0.15) is 0 Å². The van der Waals surface area contributed by atoms with E-state index in [1.807, 2.05) is 0 Å². The van der Waals surface area contributed by atoms with E-state index in [1.54, 1.807) is 0 Å². The second kappa shape index (κ2) is 8.29. The number of hydrogen-bond acceptors (Lipinski definition) is 10. The Labute approximate surface area is 120 Å². The van der Waals surface area contributed by atoms with E-state index in [1.165, 1.54) is 0 Å². The summed E-state index contributed by atoms with van der Waals surface area (Å²) in [7, 11) is 0. The first kappa shape index (κ1) is 18.6. The zero-order valence-corrected chi connectivity index (χ0v) is 11.1. The van der Waals surface area contributed by atoms with Crippen molar-refractivity contribution in [3.05, 3.63) is 0 Å². The molecule has 0 saturated carbocycles. The average molecular weight is 314 g/mol. The van der Waals surface area contributed by atoms with E-state index in [4.69, 9.17) is 19.7 Å². The largest absolute Gasteiger partial charge is 0.394 e. The number of ether oxygens (including phenoxy) is 2. The van der Waals surface area contributed by atoms with Crippen LogP contribution in [0.5, 0.6) is 0 Å². The van der Waals surface area contributed by atoms with Gasteiger partial charge < -0.3 is 50.3 Å². The fourth-order valence-corrected chi connectivity index (χ4v) is 1.78. The first-order chi connectivity index (χ1) is 9.79. The van der Waals surface area contributed by atoms with Gasteiger partial charge in [-0.15, -0.1) is 0 Å². The molecule has 1 fully saturated rings. The van der Waals surface area contributed by atoms with Crippen LogP contribution < -0.4 is 0 Å². The smallest absolute Gasteiger partial charge is 0.186 e. The lowest BCUT2D eigenvalue weighted by Gasteiger charge is -2.35. The molecule has 0 unspecified atom stereocenters. The van der Waals surface area contributed by atoms with Gasteiger partial charge in [0.25, 0.3) is 0 Å². The molecule has 0 aliphatic carbocycles. The van der Waals surface area contributed by atoms with Crippen molar-refractivity contribution in [2.75, 3.05) is 19.8 Å². The molecule has 0 spiro atoms. The third-order valence-electron chi connectivity index (χ3n) is 3.21. The van der Waals surface area contributed by atoms with E-state index in [0.29, 0.717) is 0 Å². The maximum atomic E-state index is 9.59. The quantitative estimate of drug-likeness (QED) is 0.226. The monoisotopic (exact) mass is 314 g/mol. The summed E-state index contributed by atoms with van der Waals surface area (Å²) in [6.45, 7) is -1.67. The zero-order chi connectivity index (χ0) is 16.2. The third-order valence-corrected chi connectivity index (χ3v) is 3.21. The van der Waals surface area contributed by atoms with Crippen molar-refractivity contribution in [3.8, 4) is 0 Å². The normalized spacial score (nSPS) is 36.0. The Morgan fingerprint density at radius 3 is 2.10 bits per heavy atom. The SMILES string of the molecule is OC[C@@H](O)[C@@H](O)[C@H](O)[C@H](O)CO[C@H]1OC[C@@H](O)[C@@H](O)[C@@H]1O. The number of aliphatic hydroxyl groups excluding tert-OH is 8. The van der Waals surface area contributed by atoms with E-state index in [9.17, 15) is 30.6 Å². The standard InChI is InChI=1S/C11H22O10/c12-1-4(13)7(16)8(17)5(14)2-20-11-10(19)9(18)6(15)3-21-11/h4-19H,1-3H2/t4-,5-,6-,7-,8-,9-,10+,11+/m1/s1. The Morgan fingerprint density at radius 2 is 1.52 bits per heavy atom. The van der Waals surface area contributed by atoms with Gasteiger partial charge in [-0.1, -0.05) is 0 Å². The van der Waals surface area contributed by atoms with Crippen LogP contribution >= 0.6 is 0 Å². The summed E-state index contributed by atoms with van der Waals surface area (Å²) in [6, 6.07) is 0. The van der Waals surface area contributed by atoms with Gasteiger partial charge in [-0.25, -0.2) is 0 Å². The summed E-state index contributed by atoms with van der Waals surface area (Å²) < 4.78 is 9.86. The lowest BCUT2D eigenvalue weighted by Crippen LogP contribution is -2.55. The molecular weight excluding hydrogens is 292 g/mol. The maximum Gasteiger partial charge on any atom is 0.186 e. The summed E-state index contributed by atoms with van der Waals surface area (Å²) in [5.74, 6) is 0. The van der Waals surface area contributed by atoms with Gasteiger partial charge in [0.15, 0.2) is 6.29 Å². The van der Waals surface area contributed by atoms with Gasteiger partial charge in [-0.05, 0) is 0 Å². The maximum absolute atomic E-state index is 9.59. The van der Waals surface area contributed by atoms with Crippen molar-refractivity contribution < 1.29 is 50.3 Å². The molecule has 1 aliphatic rings. The number of aliphatic hydroxyl groups is 8. The third kappa shape index (κ3) is 4.79. The summed E-state index contributed by atoms with van der Waals surface area (Å²) in [4.78, 5) is 0. The Morgan fingerprint density at radius 1 is 0.952 bits per heavy atom. The molecule has 126 valence electrons. The van der Waals surface area contributed by atoms with E-state index in [-0.39, 0.29) is 6.61 Å². The van der Waals surface area contributed by atoms with Crippen LogP contribution in [0.4, 0.5) is 0 Å². The second-order valence-electron chi connectivity index (χ2n) is 4.88. The predicted molar refractivity (Wildman–Crippen MR) is 64.8 cm³/mol. The van der Waals surface area contributed by atoms with Gasteiger partial charge in [0.2, 0.25) is 0 Å². The highest BCUT2D eigenvalue weighted by molar-refractivity contribution is 4.84. The number of rotatable bonds is 7. The molecule has 1 aliphatic heterocycles. The molecule has 1 rings (SSSR count). The highest BCUT2D eigenvalue weighted by atomic mass is 16.7. The van der Waals surface area contributed by atoms with Crippen molar-refractivity contribution in [2.45, 2.75) is 49.0 Å². The average Bonchev–Trinajstić information content (AvgIpc) is 2.49. The summed E-state index contributed by atoms with van der Waals surface area (Å²) in [5, 5.41) is 74.5. The zero-order valence-electron chi connectivity index (χ0n) is 11.1. The Hall–Kier alpha value is -0.400. The number of hydrogen-bond donors (Lipinski definition) is 8. The highest BCUT2D eigenvalue weighted by Crippen LogP contribution is 2.17. The lowest BCUT2D eigenvalue weighted by atomic mass is 10.0. The second-order valence-corrected chi connectivity index (χ2v) is 4.88. The first-order valence-corrected chi connectivity index (χ1v) is 6.40. The molecule has 0 radical (unpaired) electrons. The highest BCUT2D eigenvalue weighted by Gasteiger charge is 2.39. The van der Waals surface area contributed by atoms with Crippen LogP contribution in [-0.2, 0) is 9.47 Å². The van der Waals surface area contributed by atoms with Crippen LogP contribution in [0.2, 0.25) is 0 Å². The summed E-state index contributed by atoms with van der Waals surface area (Å²) >= 11 is 0. The molecule has 8 N–H and O–H groups in total. The van der Waals surface area contributed by atoms with E-state index in [2.05, 4.69) is 0 Å². The molecule has 10 nitrogen and oxygen atoms in total. The van der Waals surface area contributed by atoms with E-state index in [0.717, 1.165) is 0 Å². The lowest BCUT2D eigenvalue weighted by molar-refractivity contribution is -0.278. The molecule has 0 aromatic carbocycles. The molecule has 8 atom stereocenters. The van der Waals surface area contributed by atoms with Gasteiger partial charge in [0, 0.05) is 0 Å². The molecule has 0 aromatic rings. The molecule has 1 heterocycles. The predicted octanol–water partition coefficient (Wildman–Crippen LogP) is -5.12. The summed E-state index contributed by atoms with van der Waals surface area (Å²) in [6.07, 6.45) is -12.5. The molecule has 1 saturated heterocycles. The Kier molecular flexibility index (Phi) is 7.36. The van der Waals surface area contributed by atoms with Crippen molar-refractivity contribution in [2.24, 2.45) is 0 Å². The van der Waals surface area contributed by atoms with Crippen LogP contribution in [-0.4, -0.2) is 110 Å². The fourth-order valence-electron chi connectivity index (χ4n) is 1.78. The van der Waals surface area contributed by atoms with Gasteiger partial charge in [0.05, 0.1) is 19.8 Å². The van der Waals surface area contributed by atoms with Crippen LogP contribution in [0, 0.1) is 0 Å². The Balaban J connectivity index is 2.43. The summed E-state index contributed by atoms with van der Waals surface area (Å²) in [5.41, 5.74) is 0. The molecule has 10 heteroatoms. The van der Waals surface area contributed by atoms with Crippen molar-refractivity contribution >= 4 is 0 Å². The first-order valence-electron chi connectivity index (χ1n) is 6.40.